The highest BCUT2D eigenvalue weighted by atomic mass is 16.5. The molecule has 1 aliphatic rings. The van der Waals surface area contributed by atoms with Crippen molar-refractivity contribution in [2.75, 3.05) is 25.7 Å². The van der Waals surface area contributed by atoms with E-state index < -0.39 is 5.92 Å². The molecule has 1 fully saturated rings. The van der Waals surface area contributed by atoms with E-state index in [1.165, 1.54) is 0 Å². The third-order valence-electron chi connectivity index (χ3n) is 4.86. The van der Waals surface area contributed by atoms with Crippen LogP contribution in [0, 0.1) is 5.92 Å². The van der Waals surface area contributed by atoms with E-state index in [0.29, 0.717) is 30.2 Å². The fourth-order valence-electron chi connectivity index (χ4n) is 3.31. The second-order valence-corrected chi connectivity index (χ2v) is 6.51. The molecule has 0 saturated carbocycles. The highest BCUT2D eigenvalue weighted by Crippen LogP contribution is 2.34. The molecule has 2 aromatic carbocycles. The van der Waals surface area contributed by atoms with Crippen LogP contribution < -0.4 is 19.7 Å². The number of nitrogens with one attached hydrogen (secondary N) is 1. The van der Waals surface area contributed by atoms with Crippen LogP contribution >= 0.6 is 0 Å². The maximum absolute atomic E-state index is 12.8. The van der Waals surface area contributed by atoms with E-state index in [2.05, 4.69) is 5.32 Å². The van der Waals surface area contributed by atoms with Gasteiger partial charge < -0.3 is 19.7 Å². The van der Waals surface area contributed by atoms with Gasteiger partial charge in [-0.15, -0.1) is 0 Å². The van der Waals surface area contributed by atoms with Crippen molar-refractivity contribution in [1.29, 1.82) is 0 Å². The number of methoxy groups -OCH3 is 2. The summed E-state index contributed by atoms with van der Waals surface area (Å²) < 4.78 is 10.5. The summed E-state index contributed by atoms with van der Waals surface area (Å²) in [6.07, 6.45) is 0.487. The largest absolute Gasteiger partial charge is 0.493 e. The summed E-state index contributed by atoms with van der Waals surface area (Å²) in [5.41, 5.74) is 1.71. The number of carbonyl (C=O) groups excluding carboxylic acids is 2. The van der Waals surface area contributed by atoms with Gasteiger partial charge in [-0.3, -0.25) is 9.59 Å². The van der Waals surface area contributed by atoms with Crippen LogP contribution in [-0.2, 0) is 9.59 Å². The first-order chi connectivity index (χ1) is 13.0. The van der Waals surface area contributed by atoms with Crippen molar-refractivity contribution in [3.63, 3.8) is 0 Å². The zero-order chi connectivity index (χ0) is 19.4. The predicted molar refractivity (Wildman–Crippen MR) is 103 cm³/mol. The highest BCUT2D eigenvalue weighted by molar-refractivity contribution is 6.09. The summed E-state index contributed by atoms with van der Waals surface area (Å²) in [5.74, 6) is 0.0378. The van der Waals surface area contributed by atoms with E-state index in [9.17, 15) is 9.59 Å². The smallest absolute Gasteiger partial charge is 0.239 e. The van der Waals surface area contributed by atoms with E-state index in [-0.39, 0.29) is 17.9 Å². The summed E-state index contributed by atoms with van der Waals surface area (Å²) in [5, 5.41) is 2.95. The van der Waals surface area contributed by atoms with E-state index in [1.807, 2.05) is 37.3 Å². The lowest BCUT2D eigenvalue weighted by molar-refractivity contribution is -0.132. The molecule has 0 bridgehead atoms. The molecule has 1 N–H and O–H groups in total. The first-order valence-corrected chi connectivity index (χ1v) is 8.94. The number of amides is 2. The minimum Gasteiger partial charge on any atom is -0.493 e. The Morgan fingerprint density at radius 3 is 2.48 bits per heavy atom. The molecule has 0 aliphatic carbocycles. The zero-order valence-corrected chi connectivity index (χ0v) is 15.8. The maximum Gasteiger partial charge on any atom is 0.239 e. The second-order valence-electron chi connectivity index (χ2n) is 6.51. The zero-order valence-electron chi connectivity index (χ0n) is 15.8. The minimum absolute atomic E-state index is 0.151. The lowest BCUT2D eigenvalue weighted by Gasteiger charge is -2.19. The molecule has 2 amide bonds. The Kier molecular flexibility index (Phi) is 5.64. The monoisotopic (exact) mass is 368 g/mol. The second kappa shape index (κ2) is 8.12. The van der Waals surface area contributed by atoms with Crippen LogP contribution in [0.15, 0.2) is 48.5 Å². The third kappa shape index (κ3) is 3.89. The van der Waals surface area contributed by atoms with Crippen molar-refractivity contribution in [1.82, 2.24) is 5.32 Å². The number of rotatable bonds is 6. The molecular weight excluding hydrogens is 344 g/mol. The van der Waals surface area contributed by atoms with Gasteiger partial charge >= 0.3 is 0 Å². The minimum atomic E-state index is -0.677. The van der Waals surface area contributed by atoms with Crippen molar-refractivity contribution >= 4 is 17.5 Å². The fourth-order valence-corrected chi connectivity index (χ4v) is 3.31. The van der Waals surface area contributed by atoms with Crippen LogP contribution in [0.1, 0.15) is 24.9 Å². The molecule has 6 nitrogen and oxygen atoms in total. The summed E-state index contributed by atoms with van der Waals surface area (Å²) in [6, 6.07) is 14.9. The molecule has 2 atom stereocenters. The molecule has 2 unspecified atom stereocenters. The fraction of sp³-hybridized carbons (Fsp3) is 0.333. The first-order valence-electron chi connectivity index (χ1n) is 8.94. The summed E-state index contributed by atoms with van der Waals surface area (Å²) >= 11 is 0. The maximum atomic E-state index is 12.8. The van der Waals surface area contributed by atoms with Crippen LogP contribution in [-0.4, -0.2) is 32.6 Å². The number of carbonyl (C=O) groups is 2. The molecule has 6 heteroatoms. The summed E-state index contributed by atoms with van der Waals surface area (Å²) in [4.78, 5) is 27.1. The van der Waals surface area contributed by atoms with Crippen LogP contribution in [0.4, 0.5) is 5.69 Å². The van der Waals surface area contributed by atoms with Crippen LogP contribution in [0.25, 0.3) is 0 Å². The van der Waals surface area contributed by atoms with Crippen LogP contribution in [0.2, 0.25) is 0 Å². The Balaban J connectivity index is 1.70. The number of hydrogen-bond donors (Lipinski definition) is 1. The predicted octanol–water partition coefficient (Wildman–Crippen LogP) is 2.93. The molecular formula is C21H24N2O4. The van der Waals surface area contributed by atoms with Crippen molar-refractivity contribution in [3.8, 4) is 11.5 Å². The molecule has 0 spiro atoms. The van der Waals surface area contributed by atoms with Gasteiger partial charge in [0, 0.05) is 18.3 Å². The van der Waals surface area contributed by atoms with Gasteiger partial charge in [0.05, 0.1) is 20.3 Å². The van der Waals surface area contributed by atoms with Crippen molar-refractivity contribution in [2.24, 2.45) is 5.92 Å². The number of hydrogen-bond acceptors (Lipinski definition) is 4. The van der Waals surface area contributed by atoms with Gasteiger partial charge in [0.25, 0.3) is 0 Å². The molecule has 2 aromatic rings. The summed E-state index contributed by atoms with van der Waals surface area (Å²) in [7, 11) is 3.11. The summed E-state index contributed by atoms with van der Waals surface area (Å²) in [6.45, 7) is 2.41. The Bertz CT molecular complexity index is 822. The number of benzene rings is 2. The molecule has 1 saturated heterocycles. The third-order valence-corrected chi connectivity index (χ3v) is 4.86. The SMILES string of the molecule is COc1ccc(N2CCC(C(=O)NC(C)c3ccccc3)C2=O)cc1OC. The van der Waals surface area contributed by atoms with Crippen molar-refractivity contribution in [3.05, 3.63) is 54.1 Å². The lowest BCUT2D eigenvalue weighted by Crippen LogP contribution is -2.38. The average Bonchev–Trinajstić information content (AvgIpc) is 3.09. The molecule has 3 rings (SSSR count). The quantitative estimate of drug-likeness (QED) is 0.796. The molecule has 0 radical (unpaired) electrons. The molecule has 0 aromatic heterocycles. The van der Waals surface area contributed by atoms with Crippen LogP contribution in [0.5, 0.6) is 11.5 Å². The van der Waals surface area contributed by atoms with E-state index >= 15 is 0 Å². The van der Waals surface area contributed by atoms with Gasteiger partial charge in [-0.25, -0.2) is 0 Å². The molecule has 142 valence electrons. The van der Waals surface area contributed by atoms with Gasteiger partial charge in [0.1, 0.15) is 5.92 Å². The highest BCUT2D eigenvalue weighted by Gasteiger charge is 2.38. The Morgan fingerprint density at radius 2 is 1.81 bits per heavy atom. The van der Waals surface area contributed by atoms with Crippen molar-refractivity contribution < 1.29 is 19.1 Å². The van der Waals surface area contributed by atoms with E-state index in [0.717, 1.165) is 5.56 Å². The van der Waals surface area contributed by atoms with Gasteiger partial charge in [0.2, 0.25) is 11.8 Å². The van der Waals surface area contributed by atoms with Gasteiger partial charge in [-0.1, -0.05) is 30.3 Å². The molecule has 27 heavy (non-hydrogen) atoms. The lowest BCUT2D eigenvalue weighted by atomic mass is 10.0. The first kappa shape index (κ1) is 18.8. The Morgan fingerprint density at radius 1 is 1.11 bits per heavy atom. The Hall–Kier alpha value is -3.02. The molecule has 1 aliphatic heterocycles. The van der Waals surface area contributed by atoms with Crippen LogP contribution in [0.3, 0.4) is 0 Å². The number of ether oxygens (including phenoxy) is 2. The van der Waals surface area contributed by atoms with Gasteiger partial charge in [-0.05, 0) is 31.0 Å². The topological polar surface area (TPSA) is 67.9 Å². The van der Waals surface area contributed by atoms with Gasteiger partial charge in [0.15, 0.2) is 11.5 Å². The molecule has 1 heterocycles. The van der Waals surface area contributed by atoms with E-state index in [1.54, 1.807) is 37.3 Å². The van der Waals surface area contributed by atoms with Gasteiger partial charge in [-0.2, -0.15) is 0 Å². The standard InChI is InChI=1S/C21H24N2O4/c1-14(15-7-5-4-6-8-15)22-20(24)17-11-12-23(21(17)25)16-9-10-18(26-2)19(13-16)27-3/h4-10,13-14,17H,11-12H2,1-3H3,(H,22,24). The van der Waals surface area contributed by atoms with E-state index in [4.69, 9.17) is 9.47 Å². The number of nitrogens with zero attached hydrogens (tertiary/aromatic N) is 1. The Labute approximate surface area is 159 Å². The number of anilines is 1. The normalized spacial score (nSPS) is 17.5. The van der Waals surface area contributed by atoms with Crippen molar-refractivity contribution in [2.45, 2.75) is 19.4 Å². The average molecular weight is 368 g/mol.